The van der Waals surface area contributed by atoms with E-state index in [4.69, 9.17) is 5.41 Å². The molecule has 5 rings (SSSR count). The van der Waals surface area contributed by atoms with Gasteiger partial charge in [0.15, 0.2) is 0 Å². The summed E-state index contributed by atoms with van der Waals surface area (Å²) in [6.45, 7) is 5.71. The summed E-state index contributed by atoms with van der Waals surface area (Å²) in [4.78, 5) is 15.5. The lowest BCUT2D eigenvalue weighted by Gasteiger charge is -2.36. The van der Waals surface area contributed by atoms with Crippen LogP contribution in [-0.2, 0) is 0 Å². The van der Waals surface area contributed by atoms with E-state index in [0.717, 1.165) is 74.9 Å². The minimum Gasteiger partial charge on any atom is -0.390 e. The van der Waals surface area contributed by atoms with Crippen molar-refractivity contribution in [2.45, 2.75) is 82.8 Å². The van der Waals surface area contributed by atoms with Gasteiger partial charge in [0.05, 0.1) is 22.7 Å². The summed E-state index contributed by atoms with van der Waals surface area (Å²) in [5, 5.41) is 36.7. The first-order chi connectivity index (χ1) is 17.7. The molecular formula is C29H40N5O3+. The fraction of sp³-hybridized carbons (Fsp3) is 0.552. The van der Waals surface area contributed by atoms with Crippen LogP contribution in [0.1, 0.15) is 87.3 Å². The molecule has 0 atom stereocenters. The summed E-state index contributed by atoms with van der Waals surface area (Å²) in [6.07, 6.45) is 13.5. The lowest BCUT2D eigenvalue weighted by atomic mass is 9.79. The molecule has 4 aliphatic rings. The summed E-state index contributed by atoms with van der Waals surface area (Å²) in [5.41, 5.74) is 2.92. The lowest BCUT2D eigenvalue weighted by molar-refractivity contribution is -0.911. The minimum atomic E-state index is -0.482. The summed E-state index contributed by atoms with van der Waals surface area (Å²) in [5.74, 6) is 0.155. The zero-order valence-corrected chi connectivity index (χ0v) is 22.0. The van der Waals surface area contributed by atoms with Gasteiger partial charge in [-0.25, -0.2) is 0 Å². The summed E-state index contributed by atoms with van der Waals surface area (Å²) < 4.78 is 0.967. The topological polar surface area (TPSA) is 113 Å². The van der Waals surface area contributed by atoms with Crippen molar-refractivity contribution < 1.29 is 19.8 Å². The van der Waals surface area contributed by atoms with Crippen molar-refractivity contribution in [3.05, 3.63) is 64.9 Å². The van der Waals surface area contributed by atoms with E-state index in [1.54, 1.807) is 12.1 Å². The number of nitrogens with one attached hydrogen (secondary N) is 3. The van der Waals surface area contributed by atoms with Crippen LogP contribution in [0.3, 0.4) is 0 Å². The zero-order valence-electron chi connectivity index (χ0n) is 22.0. The molecule has 1 aromatic heterocycles. The maximum Gasteiger partial charge on any atom is 0.325 e. The van der Waals surface area contributed by atoms with E-state index in [9.17, 15) is 15.1 Å². The van der Waals surface area contributed by atoms with Gasteiger partial charge in [0.1, 0.15) is 0 Å². The van der Waals surface area contributed by atoms with Gasteiger partial charge in [-0.05, 0) is 75.5 Å². The summed E-state index contributed by atoms with van der Waals surface area (Å²) >= 11 is 0. The van der Waals surface area contributed by atoms with E-state index in [1.807, 2.05) is 38.3 Å². The molecular weight excluding hydrogens is 466 g/mol. The standard InChI is InChI=1S/C29H39N5O3/c1-19(2)25-6-5-7-26(34(25)37)28(35)32-24-16-20(23(30)17-27(24)33-14-3-4-15-33)18-31-22-10-12-29(36,13-11-22)21-8-9-21/h5-7,16-19,21-22,30,35-37H,3-4,8-15H2,1-2H3/p+1/t22-,29-. The Morgan fingerprint density at radius 2 is 1.86 bits per heavy atom. The molecule has 1 saturated heterocycles. The van der Waals surface area contributed by atoms with Crippen molar-refractivity contribution in [1.29, 1.82) is 5.41 Å². The van der Waals surface area contributed by atoms with Gasteiger partial charge in [0, 0.05) is 53.7 Å². The maximum absolute atomic E-state index is 13.3. The highest BCUT2D eigenvalue weighted by molar-refractivity contribution is 6.10. The quantitative estimate of drug-likeness (QED) is 0.287. The molecule has 0 spiro atoms. The van der Waals surface area contributed by atoms with Crippen LogP contribution in [0.25, 0.3) is 0 Å². The van der Waals surface area contributed by atoms with E-state index in [2.05, 4.69) is 15.5 Å². The number of hydrogen-bond donors (Lipinski definition) is 5. The van der Waals surface area contributed by atoms with Crippen LogP contribution in [0.15, 0.2) is 53.5 Å². The molecule has 1 aliphatic heterocycles. The molecule has 3 fully saturated rings. The first-order valence-electron chi connectivity index (χ1n) is 13.8. The smallest absolute Gasteiger partial charge is 0.325 e. The first-order valence-corrected chi connectivity index (χ1v) is 13.8. The highest BCUT2D eigenvalue weighted by Crippen LogP contribution is 2.47. The second kappa shape index (κ2) is 10.3. The van der Waals surface area contributed by atoms with E-state index in [1.165, 1.54) is 0 Å². The van der Waals surface area contributed by atoms with Gasteiger partial charge in [0.25, 0.3) is 0 Å². The third-order valence-electron chi connectivity index (χ3n) is 8.34. The Bertz CT molecular complexity index is 1150. The van der Waals surface area contributed by atoms with Gasteiger partial charge < -0.3 is 26.0 Å². The molecule has 37 heavy (non-hydrogen) atoms. The molecule has 2 heterocycles. The Hall–Kier alpha value is -3.13. The number of hydrogen-bond acceptors (Lipinski definition) is 6. The number of allylic oxidation sites excluding steroid dienone is 3. The van der Waals surface area contributed by atoms with Crippen molar-refractivity contribution in [1.82, 2.24) is 15.5 Å². The first kappa shape index (κ1) is 25.5. The third-order valence-corrected chi connectivity index (χ3v) is 8.34. The predicted molar refractivity (Wildman–Crippen MR) is 141 cm³/mol. The number of rotatable bonds is 7. The minimum absolute atomic E-state index is 0.0628. The fourth-order valence-electron chi connectivity index (χ4n) is 5.88. The molecule has 1 aromatic rings. The highest BCUT2D eigenvalue weighted by Gasteiger charge is 2.45. The lowest BCUT2D eigenvalue weighted by Crippen LogP contribution is -2.45. The van der Waals surface area contributed by atoms with E-state index < -0.39 is 11.5 Å². The molecule has 0 unspecified atom stereocenters. The molecule has 3 aliphatic carbocycles. The molecule has 0 bridgehead atoms. The second-order valence-electron chi connectivity index (χ2n) is 11.4. The average Bonchev–Trinajstić information content (AvgIpc) is 3.61. The van der Waals surface area contributed by atoms with E-state index >= 15 is 0 Å². The van der Waals surface area contributed by atoms with Crippen LogP contribution in [-0.4, -0.2) is 51.6 Å². The summed E-state index contributed by atoms with van der Waals surface area (Å²) in [7, 11) is 0. The number of aliphatic hydroxyl groups is 1. The SMILES string of the molecule is CC(C)c1cccc(C(=O)NC2=C/C(=C/N[C@H]3CC[C@@](O)(C4CC4)CC3)C(=N)C=C2N2CCCC2)[n+]1O. The van der Waals surface area contributed by atoms with Crippen LogP contribution in [0.2, 0.25) is 0 Å². The molecule has 198 valence electrons. The van der Waals surface area contributed by atoms with Crippen LogP contribution in [0, 0.1) is 11.3 Å². The number of nitrogens with zero attached hydrogens (tertiary/aromatic N) is 2. The van der Waals surface area contributed by atoms with Crippen molar-refractivity contribution >= 4 is 11.6 Å². The van der Waals surface area contributed by atoms with E-state index in [0.29, 0.717) is 28.6 Å². The molecule has 0 aromatic carbocycles. The van der Waals surface area contributed by atoms with Crippen LogP contribution < -0.4 is 15.4 Å². The van der Waals surface area contributed by atoms with Crippen molar-refractivity contribution in [2.24, 2.45) is 5.92 Å². The molecule has 1 amide bonds. The van der Waals surface area contributed by atoms with Gasteiger partial charge in [-0.1, -0.05) is 13.8 Å². The number of aromatic nitrogens is 1. The predicted octanol–water partition coefficient (Wildman–Crippen LogP) is 3.52. The largest absolute Gasteiger partial charge is 0.390 e. The number of carbonyl (C=O) groups is 1. The molecule has 8 heteroatoms. The Morgan fingerprint density at radius 3 is 2.51 bits per heavy atom. The fourth-order valence-corrected chi connectivity index (χ4v) is 5.88. The maximum atomic E-state index is 13.3. The highest BCUT2D eigenvalue weighted by atomic mass is 16.5. The normalized spacial score (nSPS) is 27.4. The average molecular weight is 507 g/mol. The molecule has 2 saturated carbocycles. The van der Waals surface area contributed by atoms with Gasteiger partial charge in [0.2, 0.25) is 5.69 Å². The zero-order chi connectivity index (χ0) is 26.2. The van der Waals surface area contributed by atoms with Gasteiger partial charge in [-0.3, -0.25) is 10.0 Å². The number of amides is 1. The van der Waals surface area contributed by atoms with Crippen molar-refractivity contribution in [2.75, 3.05) is 13.1 Å². The number of pyridine rings is 1. The Kier molecular flexibility index (Phi) is 7.12. The van der Waals surface area contributed by atoms with Gasteiger partial charge in [-0.2, -0.15) is 0 Å². The second-order valence-corrected chi connectivity index (χ2v) is 11.4. The third kappa shape index (κ3) is 5.44. The van der Waals surface area contributed by atoms with Crippen molar-refractivity contribution in [3.8, 4) is 0 Å². The van der Waals surface area contributed by atoms with Crippen LogP contribution in [0.5, 0.6) is 0 Å². The van der Waals surface area contributed by atoms with Crippen LogP contribution in [0.4, 0.5) is 0 Å². The number of likely N-dealkylation sites (tertiary alicyclic amines) is 1. The molecule has 8 nitrogen and oxygen atoms in total. The monoisotopic (exact) mass is 506 g/mol. The van der Waals surface area contributed by atoms with E-state index in [-0.39, 0.29) is 17.7 Å². The Labute approximate surface area is 219 Å². The van der Waals surface area contributed by atoms with Gasteiger partial charge >= 0.3 is 11.6 Å². The van der Waals surface area contributed by atoms with Crippen LogP contribution >= 0.6 is 0 Å². The van der Waals surface area contributed by atoms with Crippen molar-refractivity contribution in [3.63, 3.8) is 0 Å². The Morgan fingerprint density at radius 1 is 1.16 bits per heavy atom. The molecule has 0 radical (unpaired) electrons. The van der Waals surface area contributed by atoms with Gasteiger partial charge in [-0.15, -0.1) is 0 Å². The number of carbonyl (C=O) groups excluding carboxylic acids is 1. The molecule has 5 N–H and O–H groups in total. The summed E-state index contributed by atoms with van der Waals surface area (Å²) in [6, 6.07) is 5.46. The Balaban J connectivity index is 1.34.